The maximum atomic E-state index is 13.0. The average Bonchev–Trinajstić information content (AvgIpc) is 3.44. The van der Waals surface area contributed by atoms with Crippen LogP contribution < -0.4 is 11.1 Å². The van der Waals surface area contributed by atoms with Gasteiger partial charge in [0.05, 0.1) is 23.9 Å². The van der Waals surface area contributed by atoms with Crippen LogP contribution in [0.2, 0.25) is 0 Å². The number of amides is 2. The molecule has 1 saturated carbocycles. The van der Waals surface area contributed by atoms with Gasteiger partial charge >= 0.3 is 5.97 Å². The number of benzene rings is 1. The second-order valence-corrected chi connectivity index (χ2v) is 8.27. The van der Waals surface area contributed by atoms with Gasteiger partial charge in [0.2, 0.25) is 11.8 Å². The predicted molar refractivity (Wildman–Crippen MR) is 118 cm³/mol. The van der Waals surface area contributed by atoms with Gasteiger partial charge < -0.3 is 21.1 Å². The Balaban J connectivity index is 1.89. The van der Waals surface area contributed by atoms with E-state index in [1.54, 1.807) is 16.9 Å². The van der Waals surface area contributed by atoms with Crippen LogP contribution in [0.5, 0.6) is 0 Å². The molecule has 1 aliphatic rings. The molecule has 2 heterocycles. The van der Waals surface area contributed by atoms with Crippen molar-refractivity contribution in [2.24, 2.45) is 11.7 Å². The van der Waals surface area contributed by atoms with E-state index in [1.807, 2.05) is 30.5 Å². The van der Waals surface area contributed by atoms with Crippen LogP contribution in [0, 0.1) is 17.2 Å². The molecule has 0 unspecified atom stereocenters. The second kappa shape index (κ2) is 8.78. The number of nitrogens with one attached hydrogen (secondary N) is 2. The van der Waals surface area contributed by atoms with Crippen molar-refractivity contribution in [1.29, 1.82) is 5.26 Å². The number of rotatable bonds is 7. The van der Waals surface area contributed by atoms with Crippen LogP contribution in [0.3, 0.4) is 0 Å². The smallest absolute Gasteiger partial charge is 0.352 e. The first kappa shape index (κ1) is 22.1. The molecule has 0 spiro atoms. The molecule has 10 nitrogen and oxygen atoms in total. The molecule has 2 amide bonds. The average molecular weight is 448 g/mol. The first-order valence-corrected chi connectivity index (χ1v) is 10.7. The third-order valence-electron chi connectivity index (χ3n) is 6.43. The van der Waals surface area contributed by atoms with E-state index < -0.39 is 29.1 Å². The summed E-state index contributed by atoms with van der Waals surface area (Å²) in [5, 5.41) is 26.1. The van der Waals surface area contributed by atoms with Crippen molar-refractivity contribution in [2.75, 3.05) is 6.54 Å². The van der Waals surface area contributed by atoms with Gasteiger partial charge in [0.1, 0.15) is 12.2 Å². The number of carboxylic acids is 1. The van der Waals surface area contributed by atoms with Crippen LogP contribution in [-0.4, -0.2) is 44.2 Å². The largest absolute Gasteiger partial charge is 0.477 e. The number of fused-ring (bicyclic) bond motifs is 1. The lowest BCUT2D eigenvalue weighted by Crippen LogP contribution is -2.54. The molecule has 10 heteroatoms. The fourth-order valence-corrected chi connectivity index (χ4v) is 5.04. The maximum absolute atomic E-state index is 13.0. The zero-order chi connectivity index (χ0) is 23.6. The number of carbonyl (C=O) groups is 3. The highest BCUT2D eigenvalue weighted by Gasteiger charge is 2.53. The normalized spacial score (nSPS) is 20.3. The quantitative estimate of drug-likeness (QED) is 0.401. The van der Waals surface area contributed by atoms with Gasteiger partial charge in [0, 0.05) is 28.9 Å². The van der Waals surface area contributed by atoms with Crippen molar-refractivity contribution in [3.63, 3.8) is 0 Å². The van der Waals surface area contributed by atoms with Crippen molar-refractivity contribution in [3.05, 3.63) is 53.5 Å². The van der Waals surface area contributed by atoms with Crippen LogP contribution in [0.1, 0.15) is 47.3 Å². The summed E-state index contributed by atoms with van der Waals surface area (Å²) >= 11 is 0. The molecule has 2 atom stereocenters. The van der Waals surface area contributed by atoms with Crippen molar-refractivity contribution < 1.29 is 19.5 Å². The number of primary amides is 1. The number of H-pyrrole nitrogens is 1. The summed E-state index contributed by atoms with van der Waals surface area (Å²) in [7, 11) is 0. The number of aromatic carboxylic acids is 1. The Morgan fingerprint density at radius 3 is 2.85 bits per heavy atom. The minimum Gasteiger partial charge on any atom is -0.477 e. The van der Waals surface area contributed by atoms with E-state index >= 15 is 0 Å². The third-order valence-corrected chi connectivity index (χ3v) is 6.43. The van der Waals surface area contributed by atoms with Gasteiger partial charge in [-0.1, -0.05) is 25.0 Å². The van der Waals surface area contributed by atoms with E-state index in [0.29, 0.717) is 36.7 Å². The highest BCUT2D eigenvalue weighted by Crippen LogP contribution is 2.48. The highest BCUT2D eigenvalue weighted by molar-refractivity contribution is 6.05. The Bertz CT molecular complexity index is 1260. The standard InChI is InChI=1S/C23H24N6O4/c24-8-10-26-20(30)16-4-1-2-7-23(16,22(25)33)18-15-6-5-14(13-29-11-3-9-27-29)12-17(15)28-19(18)21(31)32/h3,5-6,9,11-12,16,28H,1-2,4,7,10,13H2,(H2,25,33)(H,26,30)(H,31,32)/t16-,23-/m0/s1. The molecule has 5 N–H and O–H groups in total. The number of aromatic nitrogens is 3. The molecular weight excluding hydrogens is 424 g/mol. The Labute approximate surface area is 189 Å². The molecule has 1 aromatic carbocycles. The Morgan fingerprint density at radius 1 is 1.36 bits per heavy atom. The number of aromatic amines is 1. The zero-order valence-electron chi connectivity index (χ0n) is 17.9. The van der Waals surface area contributed by atoms with Crippen LogP contribution in [0.4, 0.5) is 0 Å². The SMILES string of the molecule is N#CCNC(=O)[C@@H]1CCCC[C@@]1(C(N)=O)c1c(C(=O)O)[nH]c2cc(Cn3cccn3)ccc12. The predicted octanol–water partition coefficient (Wildman–Crippen LogP) is 1.66. The van der Waals surface area contributed by atoms with Crippen molar-refractivity contribution in [3.8, 4) is 6.07 Å². The molecule has 0 radical (unpaired) electrons. The van der Waals surface area contributed by atoms with Gasteiger partial charge in [-0.25, -0.2) is 4.79 Å². The molecule has 4 rings (SSSR count). The topological polar surface area (TPSA) is 167 Å². The van der Waals surface area contributed by atoms with Gasteiger partial charge in [0.25, 0.3) is 0 Å². The fraction of sp³-hybridized carbons (Fsp3) is 0.348. The van der Waals surface area contributed by atoms with E-state index in [0.717, 1.165) is 5.56 Å². The monoisotopic (exact) mass is 448 g/mol. The Morgan fingerprint density at radius 2 is 2.18 bits per heavy atom. The number of carboxylic acid groups (broad SMARTS) is 1. The Kier molecular flexibility index (Phi) is 5.87. The summed E-state index contributed by atoms with van der Waals surface area (Å²) < 4.78 is 1.74. The highest BCUT2D eigenvalue weighted by atomic mass is 16.4. The van der Waals surface area contributed by atoms with Crippen LogP contribution in [0.15, 0.2) is 36.7 Å². The van der Waals surface area contributed by atoms with E-state index in [4.69, 9.17) is 11.0 Å². The molecule has 33 heavy (non-hydrogen) atoms. The summed E-state index contributed by atoms with van der Waals surface area (Å²) in [5.41, 5.74) is 5.93. The first-order chi connectivity index (χ1) is 15.9. The molecule has 1 fully saturated rings. The van der Waals surface area contributed by atoms with E-state index in [-0.39, 0.29) is 24.2 Å². The van der Waals surface area contributed by atoms with Crippen molar-refractivity contribution in [1.82, 2.24) is 20.1 Å². The third kappa shape index (κ3) is 3.82. The molecular formula is C23H24N6O4. The van der Waals surface area contributed by atoms with Crippen molar-refractivity contribution >= 4 is 28.7 Å². The van der Waals surface area contributed by atoms with Gasteiger partial charge in [-0.3, -0.25) is 14.3 Å². The number of carbonyl (C=O) groups excluding carboxylic acids is 2. The molecule has 1 aliphatic carbocycles. The molecule has 170 valence electrons. The number of nitrogens with zero attached hydrogens (tertiary/aromatic N) is 3. The summed E-state index contributed by atoms with van der Waals surface area (Å²) in [6, 6.07) is 9.08. The molecule has 0 saturated heterocycles. The zero-order valence-corrected chi connectivity index (χ0v) is 17.9. The lowest BCUT2D eigenvalue weighted by molar-refractivity contribution is -0.137. The number of nitrogens with two attached hydrogens (primary N) is 1. The summed E-state index contributed by atoms with van der Waals surface area (Å²) in [6.07, 6.45) is 5.41. The van der Waals surface area contributed by atoms with Gasteiger partial charge in [-0.15, -0.1) is 0 Å². The number of hydrogen-bond acceptors (Lipinski definition) is 5. The van der Waals surface area contributed by atoms with Gasteiger partial charge in [0.15, 0.2) is 0 Å². The van der Waals surface area contributed by atoms with Crippen molar-refractivity contribution in [2.45, 2.75) is 37.6 Å². The minimum atomic E-state index is -1.51. The van der Waals surface area contributed by atoms with E-state index in [1.165, 1.54) is 0 Å². The van der Waals surface area contributed by atoms with E-state index in [9.17, 15) is 19.5 Å². The van der Waals surface area contributed by atoms with Crippen LogP contribution in [0.25, 0.3) is 10.9 Å². The van der Waals surface area contributed by atoms with Crippen LogP contribution >= 0.6 is 0 Å². The summed E-state index contributed by atoms with van der Waals surface area (Å²) in [4.78, 5) is 41.2. The number of nitriles is 1. The molecule has 3 aromatic rings. The van der Waals surface area contributed by atoms with Gasteiger partial charge in [-0.05, 0) is 30.5 Å². The molecule has 0 bridgehead atoms. The summed E-state index contributed by atoms with van der Waals surface area (Å²) in [6.45, 7) is 0.278. The van der Waals surface area contributed by atoms with E-state index in [2.05, 4.69) is 15.4 Å². The maximum Gasteiger partial charge on any atom is 0.352 e. The lowest BCUT2D eigenvalue weighted by Gasteiger charge is -2.41. The molecule has 2 aromatic heterocycles. The minimum absolute atomic E-state index is 0.153. The fourth-order valence-electron chi connectivity index (χ4n) is 5.04. The molecule has 0 aliphatic heterocycles. The lowest BCUT2D eigenvalue weighted by atomic mass is 9.61. The van der Waals surface area contributed by atoms with Gasteiger partial charge in [-0.2, -0.15) is 10.4 Å². The Hall–Kier alpha value is -4.13. The summed E-state index contributed by atoms with van der Waals surface area (Å²) in [5.74, 6) is -3.34. The first-order valence-electron chi connectivity index (χ1n) is 10.7. The number of hydrogen-bond donors (Lipinski definition) is 4. The van der Waals surface area contributed by atoms with Crippen LogP contribution in [-0.2, 0) is 21.5 Å². The second-order valence-electron chi connectivity index (χ2n) is 8.27.